The van der Waals surface area contributed by atoms with Crippen molar-refractivity contribution >= 4 is 23.6 Å². The van der Waals surface area contributed by atoms with E-state index in [1.54, 1.807) is 37.3 Å². The smallest absolute Gasteiger partial charge is 0.254 e. The minimum Gasteiger partial charge on any atom is -0.493 e. The quantitative estimate of drug-likeness (QED) is 0.807. The summed E-state index contributed by atoms with van der Waals surface area (Å²) >= 11 is 1.89. The van der Waals surface area contributed by atoms with Crippen molar-refractivity contribution in [3.05, 3.63) is 23.8 Å². The van der Waals surface area contributed by atoms with Crippen LogP contribution in [0.4, 0.5) is 0 Å². The molecule has 2 aliphatic heterocycles. The highest BCUT2D eigenvalue weighted by atomic mass is 32.2. The predicted molar refractivity (Wildman–Crippen MR) is 106 cm³/mol. The third-order valence-corrected chi connectivity index (χ3v) is 6.10. The highest BCUT2D eigenvalue weighted by Crippen LogP contribution is 2.28. The third-order valence-electron chi connectivity index (χ3n) is 4.97. The third kappa shape index (κ3) is 4.87. The molecule has 2 saturated heterocycles. The average Bonchev–Trinajstić information content (AvgIpc) is 2.73. The minimum atomic E-state index is -0.0478. The molecule has 1 N–H and O–H groups in total. The molecule has 8 heteroatoms. The summed E-state index contributed by atoms with van der Waals surface area (Å²) < 4.78 is 10.5. The number of thioether (sulfide) groups is 1. The maximum atomic E-state index is 12.8. The predicted octanol–water partition coefficient (Wildman–Crippen LogP) is 1.08. The fraction of sp³-hybridized carbons (Fsp3) is 0.579. The van der Waals surface area contributed by atoms with Crippen molar-refractivity contribution in [2.24, 2.45) is 0 Å². The van der Waals surface area contributed by atoms with Crippen LogP contribution in [0.1, 0.15) is 16.8 Å². The number of carbonyl (C=O) groups is 2. The number of nitrogens with one attached hydrogen (secondary N) is 1. The van der Waals surface area contributed by atoms with Crippen molar-refractivity contribution in [1.29, 1.82) is 0 Å². The molecule has 1 unspecified atom stereocenters. The fourth-order valence-electron chi connectivity index (χ4n) is 3.40. The highest BCUT2D eigenvalue weighted by molar-refractivity contribution is 7.99. The van der Waals surface area contributed by atoms with E-state index in [-0.39, 0.29) is 17.9 Å². The van der Waals surface area contributed by atoms with E-state index in [1.807, 2.05) is 16.7 Å². The number of piperazine rings is 1. The first-order valence-electron chi connectivity index (χ1n) is 9.22. The molecule has 1 atom stereocenters. The normalized spacial score (nSPS) is 20.3. The lowest BCUT2D eigenvalue weighted by molar-refractivity contribution is -0.133. The summed E-state index contributed by atoms with van der Waals surface area (Å²) in [5, 5.41) is 3.40. The van der Waals surface area contributed by atoms with Gasteiger partial charge in [0.15, 0.2) is 11.5 Å². The van der Waals surface area contributed by atoms with Gasteiger partial charge in [0.1, 0.15) is 0 Å². The zero-order valence-electron chi connectivity index (χ0n) is 15.9. The fourth-order valence-corrected chi connectivity index (χ4v) is 4.35. The Morgan fingerprint density at radius 2 is 1.81 bits per heavy atom. The first kappa shape index (κ1) is 19.8. The molecule has 2 heterocycles. The summed E-state index contributed by atoms with van der Waals surface area (Å²) in [5.74, 6) is 3.36. The Kier molecular flexibility index (Phi) is 6.84. The van der Waals surface area contributed by atoms with Crippen LogP contribution < -0.4 is 14.8 Å². The van der Waals surface area contributed by atoms with Gasteiger partial charge in [0.2, 0.25) is 5.91 Å². The molecule has 0 aliphatic carbocycles. The maximum absolute atomic E-state index is 12.8. The highest BCUT2D eigenvalue weighted by Gasteiger charge is 2.27. The van der Waals surface area contributed by atoms with Crippen LogP contribution in [-0.4, -0.2) is 86.1 Å². The Morgan fingerprint density at radius 1 is 1.11 bits per heavy atom. The van der Waals surface area contributed by atoms with Crippen molar-refractivity contribution in [3.8, 4) is 11.5 Å². The topological polar surface area (TPSA) is 71.1 Å². The molecule has 3 rings (SSSR count). The van der Waals surface area contributed by atoms with E-state index >= 15 is 0 Å². The second-order valence-electron chi connectivity index (χ2n) is 6.67. The van der Waals surface area contributed by atoms with Crippen molar-refractivity contribution < 1.29 is 19.1 Å². The Balaban J connectivity index is 1.53. The standard InChI is InChI=1S/C19H27N3O4S/c1-25-16-4-3-14(11-17(16)26-2)19(24)22-8-6-21(7-9-22)18(23)12-15-13-27-10-5-20-15/h3-4,11,15,20H,5-10,12-13H2,1-2H3. The van der Waals surface area contributed by atoms with Crippen LogP contribution in [0.2, 0.25) is 0 Å². The van der Waals surface area contributed by atoms with E-state index in [1.165, 1.54) is 0 Å². The minimum absolute atomic E-state index is 0.0478. The van der Waals surface area contributed by atoms with Crippen LogP contribution in [0.5, 0.6) is 11.5 Å². The van der Waals surface area contributed by atoms with Crippen molar-refractivity contribution in [2.45, 2.75) is 12.5 Å². The van der Waals surface area contributed by atoms with Crippen LogP contribution in [0, 0.1) is 0 Å². The van der Waals surface area contributed by atoms with Gasteiger partial charge in [-0.05, 0) is 18.2 Å². The zero-order chi connectivity index (χ0) is 19.2. The molecule has 0 radical (unpaired) electrons. The second-order valence-corrected chi connectivity index (χ2v) is 7.82. The molecule has 1 aromatic rings. The molecule has 1 aromatic carbocycles. The number of rotatable bonds is 5. The van der Waals surface area contributed by atoms with E-state index in [0.717, 1.165) is 18.1 Å². The Bertz CT molecular complexity index is 671. The van der Waals surface area contributed by atoms with Gasteiger partial charge in [-0.2, -0.15) is 11.8 Å². The molecule has 7 nitrogen and oxygen atoms in total. The molecular formula is C19H27N3O4S. The largest absolute Gasteiger partial charge is 0.493 e. The lowest BCUT2D eigenvalue weighted by Crippen LogP contribution is -2.52. The molecule has 0 bridgehead atoms. The zero-order valence-corrected chi connectivity index (χ0v) is 16.7. The van der Waals surface area contributed by atoms with Gasteiger partial charge in [-0.25, -0.2) is 0 Å². The van der Waals surface area contributed by atoms with Crippen molar-refractivity contribution in [1.82, 2.24) is 15.1 Å². The number of hydrogen-bond acceptors (Lipinski definition) is 6. The van der Waals surface area contributed by atoms with Gasteiger partial charge in [-0.15, -0.1) is 0 Å². The SMILES string of the molecule is COc1ccc(C(=O)N2CCN(C(=O)CC3CSCCN3)CC2)cc1OC. The number of amides is 2. The Hall–Kier alpha value is -1.93. The molecule has 2 aliphatic rings. The first-order valence-corrected chi connectivity index (χ1v) is 10.4. The summed E-state index contributed by atoms with van der Waals surface area (Å²) in [4.78, 5) is 28.9. The monoisotopic (exact) mass is 393 g/mol. The van der Waals surface area contributed by atoms with Gasteiger partial charge in [-0.3, -0.25) is 9.59 Å². The number of hydrogen-bond donors (Lipinski definition) is 1. The molecule has 0 saturated carbocycles. The molecular weight excluding hydrogens is 366 g/mol. The maximum Gasteiger partial charge on any atom is 0.254 e. The molecule has 148 valence electrons. The molecule has 27 heavy (non-hydrogen) atoms. The van der Waals surface area contributed by atoms with E-state index < -0.39 is 0 Å². The van der Waals surface area contributed by atoms with Gasteiger partial charge in [0.05, 0.1) is 14.2 Å². The average molecular weight is 394 g/mol. The first-order chi connectivity index (χ1) is 13.1. The summed E-state index contributed by atoms with van der Waals surface area (Å²) in [5.41, 5.74) is 0.566. The number of benzene rings is 1. The van der Waals surface area contributed by atoms with Crippen molar-refractivity contribution in [3.63, 3.8) is 0 Å². The summed E-state index contributed by atoms with van der Waals surface area (Å²) in [6.45, 7) is 3.23. The number of nitrogens with zero attached hydrogens (tertiary/aromatic N) is 2. The van der Waals surface area contributed by atoms with Gasteiger partial charge in [0.25, 0.3) is 5.91 Å². The van der Waals surface area contributed by atoms with Crippen LogP contribution in [-0.2, 0) is 4.79 Å². The summed E-state index contributed by atoms with van der Waals surface area (Å²) in [6.07, 6.45) is 0.538. The van der Waals surface area contributed by atoms with Crippen LogP contribution in [0.15, 0.2) is 18.2 Å². The Morgan fingerprint density at radius 3 is 2.44 bits per heavy atom. The van der Waals surface area contributed by atoms with E-state index in [4.69, 9.17) is 9.47 Å². The molecule has 0 spiro atoms. The van der Waals surface area contributed by atoms with Crippen LogP contribution >= 0.6 is 11.8 Å². The number of carbonyl (C=O) groups excluding carboxylic acids is 2. The lowest BCUT2D eigenvalue weighted by atomic mass is 10.1. The van der Waals surface area contributed by atoms with E-state index in [2.05, 4.69) is 5.32 Å². The van der Waals surface area contributed by atoms with E-state index in [0.29, 0.717) is 49.7 Å². The molecule has 2 fully saturated rings. The van der Waals surface area contributed by atoms with Gasteiger partial charge in [-0.1, -0.05) is 0 Å². The van der Waals surface area contributed by atoms with Crippen LogP contribution in [0.3, 0.4) is 0 Å². The Labute approximate surface area is 164 Å². The second kappa shape index (κ2) is 9.32. The van der Waals surface area contributed by atoms with E-state index in [9.17, 15) is 9.59 Å². The van der Waals surface area contributed by atoms with Gasteiger partial charge in [0, 0.05) is 62.3 Å². The molecule has 2 amide bonds. The summed E-state index contributed by atoms with van der Waals surface area (Å²) in [7, 11) is 3.12. The van der Waals surface area contributed by atoms with Crippen LogP contribution in [0.25, 0.3) is 0 Å². The number of methoxy groups -OCH3 is 2. The lowest BCUT2D eigenvalue weighted by Gasteiger charge is -2.36. The summed E-state index contributed by atoms with van der Waals surface area (Å²) in [6, 6.07) is 5.45. The number of ether oxygens (including phenoxy) is 2. The molecule has 0 aromatic heterocycles. The van der Waals surface area contributed by atoms with Crippen molar-refractivity contribution in [2.75, 3.05) is 58.4 Å². The van der Waals surface area contributed by atoms with Gasteiger partial charge >= 0.3 is 0 Å². The van der Waals surface area contributed by atoms with Gasteiger partial charge < -0.3 is 24.6 Å².